The average molecular weight is 286 g/mol. The van der Waals surface area contributed by atoms with Crippen molar-refractivity contribution in [1.29, 1.82) is 0 Å². The Hall–Kier alpha value is -1.35. The Balaban J connectivity index is 1.55. The lowest BCUT2D eigenvalue weighted by atomic mass is 9.85. The van der Waals surface area contributed by atoms with Gasteiger partial charge in [0.15, 0.2) is 0 Å². The first-order chi connectivity index (χ1) is 10.3. The lowest BCUT2D eigenvalue weighted by Crippen LogP contribution is -2.43. The topological polar surface area (TPSA) is 41.1 Å². The molecule has 1 aromatic rings. The van der Waals surface area contributed by atoms with Gasteiger partial charge in [0.05, 0.1) is 6.04 Å². The van der Waals surface area contributed by atoms with Crippen LogP contribution in [0.25, 0.3) is 0 Å². The Morgan fingerprint density at radius 2 is 2.00 bits per heavy atom. The van der Waals surface area contributed by atoms with Crippen LogP contribution in [0.4, 0.5) is 0 Å². The van der Waals surface area contributed by atoms with Gasteiger partial charge in [0, 0.05) is 12.6 Å². The van der Waals surface area contributed by atoms with E-state index in [1.807, 2.05) is 6.07 Å². The molecule has 0 radical (unpaired) electrons. The molecule has 21 heavy (non-hydrogen) atoms. The lowest BCUT2D eigenvalue weighted by Gasteiger charge is -2.24. The zero-order chi connectivity index (χ0) is 14.7. The summed E-state index contributed by atoms with van der Waals surface area (Å²) in [6, 6.07) is 8.96. The quantitative estimate of drug-likeness (QED) is 0.893. The predicted octanol–water partition coefficient (Wildman–Crippen LogP) is 2.79. The summed E-state index contributed by atoms with van der Waals surface area (Å²) in [6.07, 6.45) is 7.21. The second-order valence-corrected chi connectivity index (χ2v) is 6.45. The molecule has 0 bridgehead atoms. The molecule has 3 nitrogen and oxygen atoms in total. The van der Waals surface area contributed by atoms with Crippen molar-refractivity contribution in [1.82, 2.24) is 10.6 Å². The number of nitrogens with one attached hydrogen (secondary N) is 2. The molecule has 1 saturated carbocycles. The zero-order valence-electron chi connectivity index (χ0n) is 12.9. The average Bonchev–Trinajstić information content (AvgIpc) is 2.97. The van der Waals surface area contributed by atoms with Crippen molar-refractivity contribution >= 4 is 5.91 Å². The normalized spacial score (nSPS) is 28.1. The van der Waals surface area contributed by atoms with Gasteiger partial charge in [-0.05, 0) is 42.7 Å². The Labute approximate surface area is 127 Å². The minimum atomic E-state index is 0.0203. The van der Waals surface area contributed by atoms with Crippen LogP contribution in [0.15, 0.2) is 24.3 Å². The predicted molar refractivity (Wildman–Crippen MR) is 85.0 cm³/mol. The van der Waals surface area contributed by atoms with Crippen LogP contribution < -0.4 is 10.6 Å². The van der Waals surface area contributed by atoms with E-state index in [9.17, 15) is 4.79 Å². The number of carbonyl (C=O) groups is 1. The molecule has 0 spiro atoms. The molecular formula is C18H26N2O. The van der Waals surface area contributed by atoms with Crippen LogP contribution in [-0.2, 0) is 17.8 Å². The minimum absolute atomic E-state index is 0.0203. The molecule has 1 heterocycles. The number of aryl methyl sites for hydroxylation is 1. The Morgan fingerprint density at radius 3 is 2.76 bits per heavy atom. The first-order valence-electron chi connectivity index (χ1n) is 8.38. The van der Waals surface area contributed by atoms with Gasteiger partial charge in [0.25, 0.3) is 0 Å². The maximum absolute atomic E-state index is 12.4. The standard InChI is InChI=1S/C18H26N2O/c1-2-13-7-3-4-9-15(13)12-19-18(21)17-11-14-8-5-6-10-16(14)20-17/h3-4,7,9,14,16-17,20H,2,5-6,8,10-12H2,1H3,(H,19,21). The van der Waals surface area contributed by atoms with E-state index in [0.29, 0.717) is 12.6 Å². The van der Waals surface area contributed by atoms with Gasteiger partial charge in [-0.3, -0.25) is 4.79 Å². The van der Waals surface area contributed by atoms with E-state index in [4.69, 9.17) is 0 Å². The van der Waals surface area contributed by atoms with Gasteiger partial charge in [0.2, 0.25) is 5.91 Å². The molecule has 1 aliphatic carbocycles. The Bertz CT molecular complexity index is 486. The molecule has 2 aliphatic rings. The first-order valence-corrected chi connectivity index (χ1v) is 8.38. The molecule has 1 aliphatic heterocycles. The highest BCUT2D eigenvalue weighted by Gasteiger charge is 2.37. The van der Waals surface area contributed by atoms with Crippen LogP contribution in [0.2, 0.25) is 0 Å². The number of hydrogen-bond acceptors (Lipinski definition) is 2. The maximum atomic E-state index is 12.4. The maximum Gasteiger partial charge on any atom is 0.237 e. The van der Waals surface area contributed by atoms with Gasteiger partial charge in [-0.2, -0.15) is 0 Å². The van der Waals surface area contributed by atoms with Crippen molar-refractivity contribution in [2.24, 2.45) is 5.92 Å². The molecule has 114 valence electrons. The third-order valence-electron chi connectivity index (χ3n) is 5.13. The van der Waals surface area contributed by atoms with Crippen LogP contribution in [0.3, 0.4) is 0 Å². The fraction of sp³-hybridized carbons (Fsp3) is 0.611. The monoisotopic (exact) mass is 286 g/mol. The van der Waals surface area contributed by atoms with Crippen LogP contribution in [0, 0.1) is 5.92 Å². The van der Waals surface area contributed by atoms with Crippen molar-refractivity contribution in [2.75, 3.05) is 0 Å². The van der Waals surface area contributed by atoms with E-state index in [0.717, 1.165) is 18.8 Å². The van der Waals surface area contributed by atoms with E-state index in [-0.39, 0.29) is 11.9 Å². The summed E-state index contributed by atoms with van der Waals surface area (Å²) in [5.41, 5.74) is 2.56. The third kappa shape index (κ3) is 3.29. The minimum Gasteiger partial charge on any atom is -0.351 e. The molecule has 3 atom stereocenters. The summed E-state index contributed by atoms with van der Waals surface area (Å²) < 4.78 is 0. The number of benzene rings is 1. The van der Waals surface area contributed by atoms with Gasteiger partial charge in [-0.15, -0.1) is 0 Å². The van der Waals surface area contributed by atoms with Crippen molar-refractivity contribution < 1.29 is 4.79 Å². The molecule has 2 N–H and O–H groups in total. The summed E-state index contributed by atoms with van der Waals surface area (Å²) >= 11 is 0. The van der Waals surface area contributed by atoms with Gasteiger partial charge >= 0.3 is 0 Å². The highest BCUT2D eigenvalue weighted by Crippen LogP contribution is 2.33. The Kier molecular flexibility index (Phi) is 4.59. The molecular weight excluding hydrogens is 260 g/mol. The third-order valence-corrected chi connectivity index (χ3v) is 5.13. The van der Waals surface area contributed by atoms with Crippen LogP contribution in [0.1, 0.15) is 50.2 Å². The highest BCUT2D eigenvalue weighted by atomic mass is 16.2. The van der Waals surface area contributed by atoms with Crippen LogP contribution in [-0.4, -0.2) is 18.0 Å². The molecule has 3 unspecified atom stereocenters. The number of carbonyl (C=O) groups excluding carboxylic acids is 1. The summed E-state index contributed by atoms with van der Waals surface area (Å²) in [4.78, 5) is 12.4. The van der Waals surface area contributed by atoms with Crippen molar-refractivity contribution in [2.45, 2.75) is 64.1 Å². The van der Waals surface area contributed by atoms with Gasteiger partial charge < -0.3 is 10.6 Å². The zero-order valence-corrected chi connectivity index (χ0v) is 12.9. The second kappa shape index (κ2) is 6.61. The largest absolute Gasteiger partial charge is 0.351 e. The molecule has 1 saturated heterocycles. The summed E-state index contributed by atoms with van der Waals surface area (Å²) in [5.74, 6) is 0.896. The van der Waals surface area contributed by atoms with E-state index < -0.39 is 0 Å². The molecule has 3 heteroatoms. The van der Waals surface area contributed by atoms with Crippen molar-refractivity contribution in [3.63, 3.8) is 0 Å². The van der Waals surface area contributed by atoms with Gasteiger partial charge in [-0.25, -0.2) is 0 Å². The molecule has 1 amide bonds. The number of fused-ring (bicyclic) bond motifs is 1. The lowest BCUT2D eigenvalue weighted by molar-refractivity contribution is -0.123. The molecule has 2 fully saturated rings. The summed E-state index contributed by atoms with van der Waals surface area (Å²) in [5, 5.41) is 6.67. The van der Waals surface area contributed by atoms with E-state index >= 15 is 0 Å². The van der Waals surface area contributed by atoms with Gasteiger partial charge in [-0.1, -0.05) is 44.0 Å². The first kappa shape index (κ1) is 14.6. The van der Waals surface area contributed by atoms with E-state index in [2.05, 4.69) is 35.8 Å². The summed E-state index contributed by atoms with van der Waals surface area (Å²) in [7, 11) is 0. The van der Waals surface area contributed by atoms with Crippen LogP contribution in [0.5, 0.6) is 0 Å². The number of hydrogen-bond donors (Lipinski definition) is 2. The second-order valence-electron chi connectivity index (χ2n) is 6.45. The Morgan fingerprint density at radius 1 is 1.24 bits per heavy atom. The summed E-state index contributed by atoms with van der Waals surface area (Å²) in [6.45, 7) is 2.81. The van der Waals surface area contributed by atoms with Crippen molar-refractivity contribution in [3.8, 4) is 0 Å². The molecule has 0 aromatic heterocycles. The number of amides is 1. The smallest absolute Gasteiger partial charge is 0.237 e. The van der Waals surface area contributed by atoms with Crippen molar-refractivity contribution in [3.05, 3.63) is 35.4 Å². The fourth-order valence-corrected chi connectivity index (χ4v) is 3.90. The molecule has 1 aromatic carbocycles. The van der Waals surface area contributed by atoms with E-state index in [1.54, 1.807) is 0 Å². The fourth-order valence-electron chi connectivity index (χ4n) is 3.90. The highest BCUT2D eigenvalue weighted by molar-refractivity contribution is 5.82. The SMILES string of the molecule is CCc1ccccc1CNC(=O)C1CC2CCCCC2N1. The van der Waals surface area contributed by atoms with Gasteiger partial charge in [0.1, 0.15) is 0 Å². The van der Waals surface area contributed by atoms with E-state index in [1.165, 1.54) is 36.8 Å². The molecule has 3 rings (SSSR count). The number of rotatable bonds is 4. The van der Waals surface area contributed by atoms with Crippen LogP contribution >= 0.6 is 0 Å².